The van der Waals surface area contributed by atoms with Gasteiger partial charge in [-0.2, -0.15) is 0 Å². The topological polar surface area (TPSA) is 46.2 Å². The van der Waals surface area contributed by atoms with Gasteiger partial charge in [-0.1, -0.05) is 37.3 Å². The van der Waals surface area contributed by atoms with E-state index in [0.717, 1.165) is 10.8 Å². The quantitative estimate of drug-likeness (QED) is 0.913. The number of fused-ring (bicyclic) bond motifs is 1. The average molecular weight is 255 g/mol. The van der Waals surface area contributed by atoms with Gasteiger partial charge in [0, 0.05) is 12.0 Å². The highest BCUT2D eigenvalue weighted by Crippen LogP contribution is 2.15. The van der Waals surface area contributed by atoms with E-state index in [1.54, 1.807) is 19.9 Å². The molecule has 1 unspecified atom stereocenters. The average Bonchev–Trinajstić information content (AvgIpc) is 2.45. The lowest BCUT2D eigenvalue weighted by molar-refractivity contribution is -0.120. The molecule has 2 rings (SSSR count). The van der Waals surface area contributed by atoms with E-state index >= 15 is 0 Å². The van der Waals surface area contributed by atoms with Crippen molar-refractivity contribution in [3.63, 3.8) is 0 Å². The molecule has 98 valence electrons. The number of ketones is 1. The summed E-state index contributed by atoms with van der Waals surface area (Å²) in [6, 6.07) is 13.0. The predicted molar refractivity (Wildman–Crippen MR) is 76.2 cm³/mol. The fourth-order valence-corrected chi connectivity index (χ4v) is 2.00. The SMILES string of the molecule is CCC(=O)C(C)NC(=O)c1ccc2ccccc2c1. The molecule has 0 bridgehead atoms. The third-order valence-corrected chi connectivity index (χ3v) is 3.19. The van der Waals surface area contributed by atoms with E-state index in [2.05, 4.69) is 5.32 Å². The number of Topliss-reactive ketones (excluding diaryl/α,β-unsaturated/α-hetero) is 1. The minimum atomic E-state index is -0.441. The van der Waals surface area contributed by atoms with Gasteiger partial charge < -0.3 is 5.32 Å². The molecular weight excluding hydrogens is 238 g/mol. The van der Waals surface area contributed by atoms with Gasteiger partial charge >= 0.3 is 0 Å². The van der Waals surface area contributed by atoms with Crippen molar-refractivity contribution in [1.82, 2.24) is 5.32 Å². The molecule has 0 aromatic heterocycles. The summed E-state index contributed by atoms with van der Waals surface area (Å²) in [6.45, 7) is 3.51. The number of carbonyl (C=O) groups excluding carboxylic acids is 2. The van der Waals surface area contributed by atoms with Crippen molar-refractivity contribution >= 4 is 22.5 Å². The van der Waals surface area contributed by atoms with Gasteiger partial charge in [0.1, 0.15) is 0 Å². The first-order chi connectivity index (χ1) is 9.11. The second kappa shape index (κ2) is 5.65. The van der Waals surface area contributed by atoms with Gasteiger partial charge in [0.25, 0.3) is 5.91 Å². The maximum atomic E-state index is 12.1. The molecule has 0 aliphatic carbocycles. The van der Waals surface area contributed by atoms with Gasteiger partial charge in [0.2, 0.25) is 0 Å². The van der Waals surface area contributed by atoms with Crippen molar-refractivity contribution in [2.24, 2.45) is 0 Å². The molecule has 0 heterocycles. The Bertz CT molecular complexity index is 619. The van der Waals surface area contributed by atoms with Crippen molar-refractivity contribution in [1.29, 1.82) is 0 Å². The number of rotatable bonds is 4. The zero-order valence-electron chi connectivity index (χ0n) is 11.1. The van der Waals surface area contributed by atoms with E-state index in [-0.39, 0.29) is 11.7 Å². The second-order valence-corrected chi connectivity index (χ2v) is 4.58. The van der Waals surface area contributed by atoms with Gasteiger partial charge in [0.15, 0.2) is 5.78 Å². The molecule has 0 aliphatic heterocycles. The van der Waals surface area contributed by atoms with Crippen molar-refractivity contribution < 1.29 is 9.59 Å². The third-order valence-electron chi connectivity index (χ3n) is 3.19. The summed E-state index contributed by atoms with van der Waals surface area (Å²) in [7, 11) is 0. The highest BCUT2D eigenvalue weighted by molar-refractivity contribution is 6.00. The van der Waals surface area contributed by atoms with E-state index < -0.39 is 6.04 Å². The molecule has 1 N–H and O–H groups in total. The molecule has 1 atom stereocenters. The molecule has 0 aliphatic rings. The molecule has 0 radical (unpaired) electrons. The van der Waals surface area contributed by atoms with E-state index in [0.29, 0.717) is 12.0 Å². The minimum absolute atomic E-state index is 0.0362. The fraction of sp³-hybridized carbons (Fsp3) is 0.250. The first-order valence-electron chi connectivity index (χ1n) is 6.44. The molecular formula is C16H17NO2. The van der Waals surface area contributed by atoms with Crippen LogP contribution in [0.1, 0.15) is 30.6 Å². The molecule has 2 aromatic rings. The predicted octanol–water partition coefficient (Wildman–Crippen LogP) is 2.94. The Morgan fingerprint density at radius 1 is 1.11 bits per heavy atom. The van der Waals surface area contributed by atoms with E-state index in [1.807, 2.05) is 36.4 Å². The third kappa shape index (κ3) is 2.99. The van der Waals surface area contributed by atoms with Gasteiger partial charge in [-0.15, -0.1) is 0 Å². The van der Waals surface area contributed by atoms with Crippen molar-refractivity contribution in [3.8, 4) is 0 Å². The number of hydrogen-bond donors (Lipinski definition) is 1. The van der Waals surface area contributed by atoms with Crippen molar-refractivity contribution in [3.05, 3.63) is 48.0 Å². The van der Waals surface area contributed by atoms with Crippen LogP contribution in [0.5, 0.6) is 0 Å². The Morgan fingerprint density at radius 3 is 2.47 bits per heavy atom. The summed E-state index contributed by atoms with van der Waals surface area (Å²) in [5, 5.41) is 4.84. The summed E-state index contributed by atoms with van der Waals surface area (Å²) in [6.07, 6.45) is 0.430. The van der Waals surface area contributed by atoms with Crippen LogP contribution >= 0.6 is 0 Å². The van der Waals surface area contributed by atoms with Gasteiger partial charge in [0.05, 0.1) is 6.04 Å². The summed E-state index contributed by atoms with van der Waals surface area (Å²) in [5.41, 5.74) is 0.578. The van der Waals surface area contributed by atoms with Crippen LogP contribution in [-0.2, 0) is 4.79 Å². The van der Waals surface area contributed by atoms with Crippen LogP contribution < -0.4 is 5.32 Å². The lowest BCUT2D eigenvalue weighted by Gasteiger charge is -2.12. The normalized spacial score (nSPS) is 12.1. The van der Waals surface area contributed by atoms with Crippen LogP contribution in [-0.4, -0.2) is 17.7 Å². The highest BCUT2D eigenvalue weighted by atomic mass is 16.2. The lowest BCUT2D eigenvalue weighted by atomic mass is 10.1. The zero-order chi connectivity index (χ0) is 13.8. The molecule has 0 fully saturated rings. The molecule has 19 heavy (non-hydrogen) atoms. The monoisotopic (exact) mass is 255 g/mol. The standard InChI is InChI=1S/C16H17NO2/c1-3-15(18)11(2)17-16(19)14-9-8-12-6-4-5-7-13(12)10-14/h4-11H,3H2,1-2H3,(H,17,19). The van der Waals surface area contributed by atoms with Crippen LogP contribution in [0.25, 0.3) is 10.8 Å². The Kier molecular flexibility index (Phi) is 3.95. The number of carbonyl (C=O) groups is 2. The summed E-state index contributed by atoms with van der Waals surface area (Å²) in [4.78, 5) is 23.5. The molecule has 3 nitrogen and oxygen atoms in total. The molecule has 2 aromatic carbocycles. The molecule has 3 heteroatoms. The van der Waals surface area contributed by atoms with Crippen molar-refractivity contribution in [2.75, 3.05) is 0 Å². The molecule has 0 saturated heterocycles. The molecule has 0 spiro atoms. The Balaban J connectivity index is 2.19. The summed E-state index contributed by atoms with van der Waals surface area (Å²) in [5.74, 6) is -0.172. The maximum absolute atomic E-state index is 12.1. The van der Waals surface area contributed by atoms with Crippen LogP contribution in [0.3, 0.4) is 0 Å². The summed E-state index contributed by atoms with van der Waals surface area (Å²) < 4.78 is 0. The Morgan fingerprint density at radius 2 is 1.79 bits per heavy atom. The molecule has 1 amide bonds. The maximum Gasteiger partial charge on any atom is 0.251 e. The van der Waals surface area contributed by atoms with Crippen LogP contribution in [0.2, 0.25) is 0 Å². The Hall–Kier alpha value is -2.16. The summed E-state index contributed by atoms with van der Waals surface area (Å²) >= 11 is 0. The van der Waals surface area contributed by atoms with Crippen molar-refractivity contribution in [2.45, 2.75) is 26.3 Å². The number of benzene rings is 2. The first kappa shape index (κ1) is 13.3. The number of amides is 1. The fourth-order valence-electron chi connectivity index (χ4n) is 2.00. The number of nitrogens with one attached hydrogen (secondary N) is 1. The molecule has 0 saturated carbocycles. The van der Waals surface area contributed by atoms with E-state index in [4.69, 9.17) is 0 Å². The Labute approximate surface area is 112 Å². The second-order valence-electron chi connectivity index (χ2n) is 4.58. The van der Waals surface area contributed by atoms with Crippen LogP contribution in [0, 0.1) is 0 Å². The lowest BCUT2D eigenvalue weighted by Crippen LogP contribution is -2.38. The highest BCUT2D eigenvalue weighted by Gasteiger charge is 2.14. The van der Waals surface area contributed by atoms with E-state index in [9.17, 15) is 9.59 Å². The largest absolute Gasteiger partial charge is 0.343 e. The smallest absolute Gasteiger partial charge is 0.251 e. The minimum Gasteiger partial charge on any atom is -0.343 e. The number of hydrogen-bond acceptors (Lipinski definition) is 2. The first-order valence-corrected chi connectivity index (χ1v) is 6.44. The van der Waals surface area contributed by atoms with Gasteiger partial charge in [-0.3, -0.25) is 9.59 Å². The van der Waals surface area contributed by atoms with Gasteiger partial charge in [-0.25, -0.2) is 0 Å². The van der Waals surface area contributed by atoms with Crippen LogP contribution in [0.15, 0.2) is 42.5 Å². The van der Waals surface area contributed by atoms with E-state index in [1.165, 1.54) is 0 Å². The van der Waals surface area contributed by atoms with Crippen LogP contribution in [0.4, 0.5) is 0 Å². The zero-order valence-corrected chi connectivity index (χ0v) is 11.1. The van der Waals surface area contributed by atoms with Gasteiger partial charge in [-0.05, 0) is 29.8 Å².